The lowest BCUT2D eigenvalue weighted by Crippen LogP contribution is -2.37. The number of amides is 2. The zero-order valence-electron chi connectivity index (χ0n) is 31.6. The summed E-state index contributed by atoms with van der Waals surface area (Å²) in [6, 6.07) is 11.8. The van der Waals surface area contributed by atoms with E-state index in [-0.39, 0.29) is 48.2 Å². The Labute approximate surface area is 319 Å². The molecule has 2 aromatic carbocycles. The number of halogens is 3. The molecule has 0 spiro atoms. The van der Waals surface area contributed by atoms with Gasteiger partial charge in [0, 0.05) is 55.8 Å². The highest BCUT2D eigenvalue weighted by molar-refractivity contribution is 5.97. The number of fused-ring (bicyclic) bond motifs is 12. The van der Waals surface area contributed by atoms with Gasteiger partial charge in [-0.3, -0.25) is 9.59 Å². The number of carbonyl (C=O) groups excluding carboxylic acids is 2. The molecule has 1 aromatic heterocycles. The summed E-state index contributed by atoms with van der Waals surface area (Å²) in [6.45, 7) is 8.00. The van der Waals surface area contributed by atoms with Gasteiger partial charge < -0.3 is 40.0 Å². The third kappa shape index (κ3) is 12.1. The van der Waals surface area contributed by atoms with Crippen molar-refractivity contribution in [1.82, 2.24) is 30.1 Å². The first-order chi connectivity index (χ1) is 26.4. The van der Waals surface area contributed by atoms with Crippen molar-refractivity contribution < 1.29 is 37.0 Å². The molecule has 1 saturated heterocycles. The first kappa shape index (κ1) is 39.8. The Kier molecular flexibility index (Phi) is 13.2. The maximum atomic E-state index is 13.7. The van der Waals surface area contributed by atoms with Gasteiger partial charge in [0.15, 0.2) is 6.61 Å². The molecule has 4 heterocycles. The predicted octanol–water partition coefficient (Wildman–Crippen LogP) is 6.20. The molecule has 1 saturated carbocycles. The number of nitrogens with one attached hydrogen (secondary N) is 3. The molecule has 3 aromatic rings. The number of alkyl halides is 3. The highest BCUT2D eigenvalue weighted by Crippen LogP contribution is 2.46. The molecule has 0 atom stereocenters. The third-order valence-electron chi connectivity index (χ3n) is 9.90. The van der Waals surface area contributed by atoms with Crippen LogP contribution in [0.3, 0.4) is 0 Å². The Morgan fingerprint density at radius 3 is 2.35 bits per heavy atom. The Balaban J connectivity index is 1.23. The van der Waals surface area contributed by atoms with E-state index in [9.17, 15) is 22.8 Å². The van der Waals surface area contributed by atoms with E-state index in [2.05, 4.69) is 35.8 Å². The van der Waals surface area contributed by atoms with Gasteiger partial charge in [0.1, 0.15) is 11.5 Å². The molecule has 6 bridgehead atoms. The van der Waals surface area contributed by atoms with Crippen LogP contribution in [0.5, 0.6) is 17.5 Å². The maximum Gasteiger partial charge on any atom is 0.422 e. The topological polar surface area (TPSA) is 143 Å². The van der Waals surface area contributed by atoms with Crippen LogP contribution in [0.2, 0.25) is 0 Å². The Hall–Kier alpha value is -4.86. The van der Waals surface area contributed by atoms with Gasteiger partial charge in [0.2, 0.25) is 17.8 Å². The summed E-state index contributed by atoms with van der Waals surface area (Å²) >= 11 is 0. The molecule has 298 valence electrons. The van der Waals surface area contributed by atoms with Gasteiger partial charge >= 0.3 is 12.2 Å². The van der Waals surface area contributed by atoms with Gasteiger partial charge in [0.25, 0.3) is 5.91 Å². The van der Waals surface area contributed by atoms with Crippen LogP contribution in [-0.2, 0) is 11.3 Å². The average molecular weight is 769 g/mol. The van der Waals surface area contributed by atoms with E-state index in [1.54, 1.807) is 18.2 Å². The van der Waals surface area contributed by atoms with Crippen molar-refractivity contribution in [3.63, 3.8) is 0 Å². The van der Waals surface area contributed by atoms with Crippen LogP contribution in [0.15, 0.2) is 42.5 Å². The van der Waals surface area contributed by atoms with Crippen molar-refractivity contribution in [2.24, 2.45) is 11.3 Å². The third-order valence-corrected chi connectivity index (χ3v) is 9.90. The van der Waals surface area contributed by atoms with Crippen LogP contribution < -0.4 is 30.2 Å². The molecule has 3 N–H and O–H groups in total. The Morgan fingerprint density at radius 2 is 1.62 bits per heavy atom. The van der Waals surface area contributed by atoms with Gasteiger partial charge in [-0.05, 0) is 87.9 Å². The van der Waals surface area contributed by atoms with Gasteiger partial charge in [-0.2, -0.15) is 28.1 Å². The van der Waals surface area contributed by atoms with E-state index >= 15 is 0 Å². The van der Waals surface area contributed by atoms with Gasteiger partial charge in [0.05, 0.1) is 18.8 Å². The summed E-state index contributed by atoms with van der Waals surface area (Å²) in [5.74, 6) is 0.573. The fourth-order valence-electron chi connectivity index (χ4n) is 6.70. The van der Waals surface area contributed by atoms with Crippen LogP contribution in [0.4, 0.5) is 30.8 Å². The largest absolute Gasteiger partial charge is 0.494 e. The highest BCUT2D eigenvalue weighted by atomic mass is 19.4. The van der Waals surface area contributed by atoms with Gasteiger partial charge in [-0.15, -0.1) is 0 Å². The summed E-state index contributed by atoms with van der Waals surface area (Å²) in [4.78, 5) is 43.6. The fourth-order valence-corrected chi connectivity index (χ4v) is 6.70. The molecule has 0 unspecified atom stereocenters. The molecule has 1 aliphatic carbocycles. The van der Waals surface area contributed by atoms with Crippen LogP contribution in [-0.4, -0.2) is 102 Å². The van der Waals surface area contributed by atoms with E-state index in [0.29, 0.717) is 68.3 Å². The minimum Gasteiger partial charge on any atom is -0.494 e. The van der Waals surface area contributed by atoms with Crippen molar-refractivity contribution in [3.8, 4) is 17.5 Å². The number of aromatic nitrogens is 3. The fraction of sp³-hybridized carbons (Fsp3) is 0.564. The number of anilines is 3. The molecule has 7 rings (SSSR count). The number of hydrogen-bond donors (Lipinski definition) is 3. The molecule has 0 radical (unpaired) electrons. The van der Waals surface area contributed by atoms with Gasteiger partial charge in [-0.25, -0.2) is 0 Å². The minimum absolute atomic E-state index is 0.00991. The van der Waals surface area contributed by atoms with Crippen molar-refractivity contribution >= 4 is 29.4 Å². The number of nitrogens with zero attached hydrogens (tertiary/aromatic N) is 5. The maximum absolute atomic E-state index is 13.7. The van der Waals surface area contributed by atoms with Crippen LogP contribution in [0.1, 0.15) is 74.7 Å². The second-order valence-corrected chi connectivity index (χ2v) is 14.9. The first-order valence-electron chi connectivity index (χ1n) is 19.2. The zero-order chi connectivity index (χ0) is 38.8. The summed E-state index contributed by atoms with van der Waals surface area (Å²) in [6.07, 6.45) is 1.91. The van der Waals surface area contributed by atoms with Crippen LogP contribution >= 0.6 is 0 Å². The highest BCUT2D eigenvalue weighted by Gasteiger charge is 2.44. The number of rotatable bonds is 8. The molecule has 13 nitrogen and oxygen atoms in total. The smallest absolute Gasteiger partial charge is 0.422 e. The lowest BCUT2D eigenvalue weighted by molar-refractivity contribution is -0.154. The first-order valence-corrected chi connectivity index (χ1v) is 19.2. The monoisotopic (exact) mass is 768 g/mol. The molecule has 55 heavy (non-hydrogen) atoms. The SMILES string of the molecule is CC(C)C(=O)N1CCCCOc2cc(ccc2C(=O)NCC2(CN3CCCC3)CC2)Nc2nc(nc(OCC(F)(F)F)n2)NCc2ccc(cc2)OCCC1. The molecule has 2 amide bonds. The lowest BCUT2D eigenvalue weighted by Gasteiger charge is -2.25. The number of ether oxygens (including phenoxy) is 3. The van der Waals surface area contributed by atoms with E-state index < -0.39 is 18.8 Å². The van der Waals surface area contributed by atoms with Crippen molar-refractivity contribution in [1.29, 1.82) is 0 Å². The molecular formula is C39H51F3N8O5. The minimum atomic E-state index is -4.60. The standard InChI is InChI=1S/C39H51F3N8O5/c1-27(2)34(52)50-18-5-6-20-54-32-22-29(10-13-31(32)33(51)44-24-38(14-15-38)25-49-16-3-4-17-49)45-36-46-35(47-37(48-36)55-26-39(40,41)42)43-23-28-8-11-30(12-9-28)53-21-7-19-50/h8-13,22,27H,3-7,14-21,23-26H2,1-2H3,(H,44,51)(H2,43,45,46,47,48). The predicted molar refractivity (Wildman–Crippen MR) is 201 cm³/mol. The van der Waals surface area contributed by atoms with Crippen molar-refractivity contribution in [2.45, 2.75) is 71.5 Å². The summed E-state index contributed by atoms with van der Waals surface area (Å²) in [7, 11) is 0. The van der Waals surface area contributed by atoms with E-state index in [1.165, 1.54) is 12.8 Å². The van der Waals surface area contributed by atoms with E-state index in [1.807, 2.05) is 43.0 Å². The Bertz CT molecular complexity index is 1750. The second kappa shape index (κ2) is 18.2. The van der Waals surface area contributed by atoms with Crippen molar-refractivity contribution in [2.75, 3.05) is 69.7 Å². The molecule has 3 aliphatic heterocycles. The molecule has 2 fully saturated rings. The zero-order valence-corrected chi connectivity index (χ0v) is 31.6. The van der Waals surface area contributed by atoms with Gasteiger partial charge in [-0.1, -0.05) is 26.0 Å². The average Bonchev–Trinajstić information content (AvgIpc) is 3.73. The molecule has 16 heteroatoms. The number of likely N-dealkylation sites (tertiary alicyclic amines) is 1. The molecule has 4 aliphatic rings. The quantitative estimate of drug-likeness (QED) is 0.241. The van der Waals surface area contributed by atoms with Crippen LogP contribution in [0, 0.1) is 11.3 Å². The normalized spacial score (nSPS) is 18.0. The number of carbonyl (C=O) groups is 2. The number of hydrogen-bond acceptors (Lipinski definition) is 11. The van der Waals surface area contributed by atoms with Crippen LogP contribution in [0.25, 0.3) is 0 Å². The second-order valence-electron chi connectivity index (χ2n) is 14.9. The van der Waals surface area contributed by atoms with E-state index in [4.69, 9.17) is 14.2 Å². The summed E-state index contributed by atoms with van der Waals surface area (Å²) in [5, 5.41) is 9.20. The van der Waals surface area contributed by atoms with E-state index in [0.717, 1.165) is 38.0 Å². The number of benzene rings is 2. The lowest BCUT2D eigenvalue weighted by atomic mass is 10.1. The Morgan fingerprint density at radius 1 is 0.909 bits per heavy atom. The molecular weight excluding hydrogens is 717 g/mol. The summed E-state index contributed by atoms with van der Waals surface area (Å²) < 4.78 is 56.3. The summed E-state index contributed by atoms with van der Waals surface area (Å²) in [5.41, 5.74) is 1.71. The van der Waals surface area contributed by atoms with Crippen molar-refractivity contribution in [3.05, 3.63) is 53.6 Å².